The highest BCUT2D eigenvalue weighted by Gasteiger charge is 2.41. The van der Waals surface area contributed by atoms with Crippen LogP contribution in [0.2, 0.25) is 0 Å². The fourth-order valence-corrected chi connectivity index (χ4v) is 3.34. The molecule has 2 N–H and O–H groups in total. The second kappa shape index (κ2) is 4.50. The predicted octanol–water partition coefficient (Wildman–Crippen LogP) is 1.77. The third-order valence-electron chi connectivity index (χ3n) is 4.50. The van der Waals surface area contributed by atoms with E-state index in [9.17, 15) is 0 Å². The lowest BCUT2D eigenvalue weighted by molar-refractivity contribution is 0.453. The lowest BCUT2D eigenvalue weighted by Gasteiger charge is -2.20. The Labute approximate surface area is 109 Å². The molecule has 0 spiro atoms. The summed E-state index contributed by atoms with van der Waals surface area (Å²) in [5.74, 6) is 2.98. The van der Waals surface area contributed by atoms with E-state index < -0.39 is 0 Å². The van der Waals surface area contributed by atoms with Crippen molar-refractivity contribution in [3.63, 3.8) is 0 Å². The lowest BCUT2D eigenvalue weighted by atomic mass is 9.98. The van der Waals surface area contributed by atoms with Gasteiger partial charge < -0.3 is 10.6 Å². The van der Waals surface area contributed by atoms with E-state index in [0.29, 0.717) is 17.9 Å². The van der Waals surface area contributed by atoms with Crippen LogP contribution in [0.1, 0.15) is 38.3 Å². The van der Waals surface area contributed by atoms with Gasteiger partial charge in [-0.1, -0.05) is 13.8 Å². The molecule has 3 unspecified atom stereocenters. The zero-order chi connectivity index (χ0) is 12.7. The molecule has 1 saturated carbocycles. The van der Waals surface area contributed by atoms with Crippen LogP contribution in [-0.4, -0.2) is 29.1 Å². The lowest BCUT2D eigenvalue weighted by Crippen LogP contribution is -2.30. The van der Waals surface area contributed by atoms with Gasteiger partial charge in [-0.2, -0.15) is 0 Å². The summed E-state index contributed by atoms with van der Waals surface area (Å²) in [7, 11) is 0. The highest BCUT2D eigenvalue weighted by atomic mass is 15.2. The number of rotatable bonds is 2. The normalized spacial score (nSPS) is 31.1. The molecule has 2 fully saturated rings. The van der Waals surface area contributed by atoms with Crippen molar-refractivity contribution < 1.29 is 0 Å². The van der Waals surface area contributed by atoms with Crippen LogP contribution in [0.15, 0.2) is 12.4 Å². The van der Waals surface area contributed by atoms with Crippen LogP contribution in [0.5, 0.6) is 0 Å². The van der Waals surface area contributed by atoms with Gasteiger partial charge in [0, 0.05) is 30.9 Å². The molecule has 1 aromatic heterocycles. The Hall–Kier alpha value is -1.16. The molecule has 3 atom stereocenters. The van der Waals surface area contributed by atoms with Crippen LogP contribution in [-0.2, 0) is 0 Å². The van der Waals surface area contributed by atoms with Crippen molar-refractivity contribution >= 4 is 5.82 Å². The largest absolute Gasteiger partial charge is 0.356 e. The van der Waals surface area contributed by atoms with Gasteiger partial charge in [-0.25, -0.2) is 9.97 Å². The molecule has 4 heteroatoms. The maximum atomic E-state index is 6.18. The second-order valence-corrected chi connectivity index (χ2v) is 6.03. The van der Waals surface area contributed by atoms with Crippen molar-refractivity contribution in [2.24, 2.45) is 17.6 Å². The van der Waals surface area contributed by atoms with Gasteiger partial charge in [-0.15, -0.1) is 0 Å². The Balaban J connectivity index is 1.78. The first-order valence-electron chi connectivity index (χ1n) is 6.97. The van der Waals surface area contributed by atoms with Gasteiger partial charge in [0.2, 0.25) is 0 Å². The zero-order valence-electron chi connectivity index (χ0n) is 11.2. The maximum Gasteiger partial charge on any atom is 0.132 e. The van der Waals surface area contributed by atoms with Gasteiger partial charge in [0.25, 0.3) is 0 Å². The summed E-state index contributed by atoms with van der Waals surface area (Å²) in [6.45, 7) is 6.52. The van der Waals surface area contributed by atoms with Crippen LogP contribution in [0.4, 0.5) is 5.82 Å². The van der Waals surface area contributed by atoms with Crippen molar-refractivity contribution in [2.45, 2.75) is 38.6 Å². The third-order valence-corrected chi connectivity index (χ3v) is 4.50. The molecule has 2 heterocycles. The second-order valence-electron chi connectivity index (χ2n) is 6.03. The molecule has 0 aromatic carbocycles. The van der Waals surface area contributed by atoms with E-state index >= 15 is 0 Å². The SMILES string of the molecule is CC(C)c1cc(N2CC3CCC(N)C3C2)ncn1. The standard InChI is InChI=1S/C14H22N4/c1-9(2)13-5-14(17-8-16-13)18-6-10-3-4-12(15)11(10)7-18/h5,8-12H,3-4,6-7,15H2,1-2H3. The molecule has 1 saturated heterocycles. The maximum absolute atomic E-state index is 6.18. The van der Waals surface area contributed by atoms with Crippen molar-refractivity contribution in [2.75, 3.05) is 18.0 Å². The summed E-state index contributed by atoms with van der Waals surface area (Å²) in [5, 5.41) is 0. The molecule has 0 amide bonds. The molecule has 1 aromatic rings. The van der Waals surface area contributed by atoms with Gasteiger partial charge in [-0.05, 0) is 30.6 Å². The van der Waals surface area contributed by atoms with Gasteiger partial charge in [0.1, 0.15) is 12.1 Å². The molecule has 3 rings (SSSR count). The minimum Gasteiger partial charge on any atom is -0.356 e. The fourth-order valence-electron chi connectivity index (χ4n) is 3.34. The molecule has 98 valence electrons. The number of aromatic nitrogens is 2. The van der Waals surface area contributed by atoms with E-state index in [1.165, 1.54) is 12.8 Å². The number of anilines is 1. The molecule has 2 aliphatic rings. The van der Waals surface area contributed by atoms with Crippen molar-refractivity contribution in [1.29, 1.82) is 0 Å². The van der Waals surface area contributed by atoms with E-state index in [1.807, 2.05) is 0 Å². The van der Waals surface area contributed by atoms with Crippen molar-refractivity contribution in [1.82, 2.24) is 9.97 Å². The van der Waals surface area contributed by atoms with Crippen LogP contribution in [0, 0.1) is 11.8 Å². The average molecular weight is 246 g/mol. The summed E-state index contributed by atoms with van der Waals surface area (Å²) in [5.41, 5.74) is 7.31. The fraction of sp³-hybridized carbons (Fsp3) is 0.714. The Bertz CT molecular complexity index is 432. The highest BCUT2D eigenvalue weighted by Crippen LogP contribution is 2.38. The summed E-state index contributed by atoms with van der Waals surface area (Å²) < 4.78 is 0. The average Bonchev–Trinajstić information content (AvgIpc) is 2.92. The van der Waals surface area contributed by atoms with Gasteiger partial charge in [0.15, 0.2) is 0 Å². The number of hydrogen-bond acceptors (Lipinski definition) is 4. The molecular formula is C14H22N4. The molecule has 18 heavy (non-hydrogen) atoms. The van der Waals surface area contributed by atoms with Crippen molar-refractivity contribution in [3.05, 3.63) is 18.1 Å². The quantitative estimate of drug-likeness (QED) is 0.864. The minimum atomic E-state index is 0.395. The van der Waals surface area contributed by atoms with E-state index in [2.05, 4.69) is 34.8 Å². The monoisotopic (exact) mass is 246 g/mol. The molecule has 1 aliphatic heterocycles. The van der Waals surface area contributed by atoms with E-state index in [0.717, 1.165) is 30.5 Å². The minimum absolute atomic E-state index is 0.395. The molecule has 1 aliphatic carbocycles. The summed E-state index contributed by atoms with van der Waals surface area (Å²) in [6.07, 6.45) is 4.17. The first-order chi connectivity index (χ1) is 8.65. The summed E-state index contributed by atoms with van der Waals surface area (Å²) in [6, 6.07) is 2.53. The number of nitrogens with two attached hydrogens (primary N) is 1. The van der Waals surface area contributed by atoms with Crippen LogP contribution >= 0.6 is 0 Å². The summed E-state index contributed by atoms with van der Waals surface area (Å²) in [4.78, 5) is 11.2. The zero-order valence-corrected chi connectivity index (χ0v) is 11.2. The molecule has 0 radical (unpaired) electrons. The number of hydrogen-bond donors (Lipinski definition) is 1. The predicted molar refractivity (Wildman–Crippen MR) is 72.5 cm³/mol. The van der Waals surface area contributed by atoms with Crippen LogP contribution in [0.25, 0.3) is 0 Å². The summed E-state index contributed by atoms with van der Waals surface area (Å²) >= 11 is 0. The first-order valence-corrected chi connectivity index (χ1v) is 6.97. The van der Waals surface area contributed by atoms with E-state index in [1.54, 1.807) is 6.33 Å². The van der Waals surface area contributed by atoms with Gasteiger partial charge in [0.05, 0.1) is 0 Å². The first kappa shape index (κ1) is 11.9. The van der Waals surface area contributed by atoms with Crippen LogP contribution < -0.4 is 10.6 Å². The van der Waals surface area contributed by atoms with Gasteiger partial charge >= 0.3 is 0 Å². The Morgan fingerprint density at radius 1 is 1.28 bits per heavy atom. The van der Waals surface area contributed by atoms with E-state index in [4.69, 9.17) is 5.73 Å². The highest BCUT2D eigenvalue weighted by molar-refractivity contribution is 5.41. The molecule has 0 bridgehead atoms. The van der Waals surface area contributed by atoms with Crippen molar-refractivity contribution in [3.8, 4) is 0 Å². The van der Waals surface area contributed by atoms with E-state index in [-0.39, 0.29) is 0 Å². The topological polar surface area (TPSA) is 55.0 Å². The Kier molecular flexibility index (Phi) is 2.98. The number of nitrogens with zero attached hydrogens (tertiary/aromatic N) is 3. The Morgan fingerprint density at radius 3 is 2.83 bits per heavy atom. The third kappa shape index (κ3) is 1.99. The number of fused-ring (bicyclic) bond motifs is 1. The van der Waals surface area contributed by atoms with Gasteiger partial charge in [-0.3, -0.25) is 0 Å². The smallest absolute Gasteiger partial charge is 0.132 e. The molecular weight excluding hydrogens is 224 g/mol. The Morgan fingerprint density at radius 2 is 2.11 bits per heavy atom. The molecule has 4 nitrogen and oxygen atoms in total. The van der Waals surface area contributed by atoms with Crippen LogP contribution in [0.3, 0.4) is 0 Å².